The van der Waals surface area contributed by atoms with Crippen LogP contribution in [0.2, 0.25) is 0 Å². The highest BCUT2D eigenvalue weighted by atomic mass is 35.5. The van der Waals surface area contributed by atoms with Crippen molar-refractivity contribution < 1.29 is 38.6 Å². The predicted octanol–water partition coefficient (Wildman–Crippen LogP) is 2.55. The first-order valence-corrected chi connectivity index (χ1v) is 12.5. The van der Waals surface area contributed by atoms with E-state index in [1.807, 2.05) is 0 Å². The molecular formula is C25H24Cl2N2O8. The molecule has 1 aromatic rings. The van der Waals surface area contributed by atoms with Crippen LogP contribution >= 0.6 is 23.2 Å². The first-order chi connectivity index (χ1) is 17.4. The molecule has 37 heavy (non-hydrogen) atoms. The number of imide groups is 4. The minimum absolute atomic E-state index is 0.0806. The fourth-order valence-electron chi connectivity index (χ4n) is 6.40. The van der Waals surface area contributed by atoms with E-state index >= 15 is 0 Å². The first kappa shape index (κ1) is 25.5. The average molecular weight is 551 g/mol. The minimum Gasteiger partial charge on any atom is -0.504 e. The fraction of sp³-hybridized carbons (Fsp3) is 0.480. The van der Waals surface area contributed by atoms with E-state index < -0.39 is 63.1 Å². The number of allylic oxidation sites excluding steroid dienone is 2. The molecule has 1 saturated carbocycles. The number of hydrogen-bond acceptors (Lipinski definition) is 8. The van der Waals surface area contributed by atoms with E-state index in [2.05, 4.69) is 4.74 Å². The number of phenols is 1. The first-order valence-electron chi connectivity index (χ1n) is 11.8. The Labute approximate surface area is 222 Å². The van der Waals surface area contributed by atoms with Gasteiger partial charge in [-0.15, -0.1) is 23.2 Å². The van der Waals surface area contributed by atoms with Crippen molar-refractivity contribution >= 4 is 52.9 Å². The monoisotopic (exact) mass is 550 g/mol. The summed E-state index contributed by atoms with van der Waals surface area (Å²) in [6.07, 6.45) is 0.457. The number of ether oxygens (including phenoxy) is 2. The minimum atomic E-state index is -2.04. The molecule has 2 saturated heterocycles. The number of nitrogens with zero attached hydrogens (tertiary/aromatic N) is 2. The number of alkyl halides is 2. The molecule has 196 valence electrons. The lowest BCUT2D eigenvalue weighted by Gasteiger charge is -2.50. The van der Waals surface area contributed by atoms with Crippen LogP contribution in [0.25, 0.3) is 0 Å². The number of halogens is 2. The molecule has 5 amide bonds. The van der Waals surface area contributed by atoms with Crippen molar-refractivity contribution in [2.45, 2.75) is 35.4 Å². The molecule has 4 aliphatic rings. The van der Waals surface area contributed by atoms with Gasteiger partial charge in [0, 0.05) is 18.5 Å². The number of para-hydroxylation sites is 1. The van der Waals surface area contributed by atoms with Gasteiger partial charge in [0.15, 0.2) is 21.2 Å². The third kappa shape index (κ3) is 3.08. The van der Waals surface area contributed by atoms with Crippen LogP contribution in [0.15, 0.2) is 29.8 Å². The quantitative estimate of drug-likeness (QED) is 0.345. The van der Waals surface area contributed by atoms with Crippen LogP contribution in [0, 0.1) is 17.8 Å². The van der Waals surface area contributed by atoms with Gasteiger partial charge in [-0.1, -0.05) is 23.8 Å². The summed E-state index contributed by atoms with van der Waals surface area (Å²) in [5.74, 6) is -6.96. The summed E-state index contributed by atoms with van der Waals surface area (Å²) in [4.78, 5) is 62.9. The zero-order valence-electron chi connectivity index (χ0n) is 20.2. The smallest absolute Gasteiger partial charge is 0.423 e. The van der Waals surface area contributed by atoms with Gasteiger partial charge in [0.05, 0.1) is 25.6 Å². The number of rotatable bonds is 3. The van der Waals surface area contributed by atoms with Crippen molar-refractivity contribution in [3.05, 3.63) is 35.4 Å². The molecular weight excluding hydrogens is 527 g/mol. The molecule has 12 heteroatoms. The summed E-state index contributed by atoms with van der Waals surface area (Å²) >= 11 is 14.1. The van der Waals surface area contributed by atoms with E-state index in [0.29, 0.717) is 10.5 Å². The highest BCUT2D eigenvalue weighted by Crippen LogP contribution is 2.66. The summed E-state index contributed by atoms with van der Waals surface area (Å²) in [5.41, 5.74) is 0.680. The molecule has 0 spiro atoms. The molecule has 2 aliphatic carbocycles. The predicted molar refractivity (Wildman–Crippen MR) is 129 cm³/mol. The van der Waals surface area contributed by atoms with Crippen LogP contribution in [0.3, 0.4) is 0 Å². The standard InChI is InChI=1S/C25H24Cl2N2O8/c1-4-37-15-7-5-6-13(18(15)30)17-11-8-9-12-16(20(32)29(19(12)31)23(35)36-3)14(11)10-24(26)21(33)28(2)22(34)25(17,24)27/h5-8,12,14,16-17,30H,4,9-10H2,1-3H3/t12-,14+,16-,17+,24+,25-/m0/s1. The summed E-state index contributed by atoms with van der Waals surface area (Å²) < 4.78 is 10.2. The third-order valence-corrected chi connectivity index (χ3v) is 9.43. The van der Waals surface area contributed by atoms with Crippen LogP contribution in [0.1, 0.15) is 31.2 Å². The van der Waals surface area contributed by atoms with Crippen molar-refractivity contribution in [3.63, 3.8) is 0 Å². The molecule has 6 atom stereocenters. The second kappa shape index (κ2) is 8.46. The molecule has 2 heterocycles. The van der Waals surface area contributed by atoms with E-state index in [1.54, 1.807) is 31.2 Å². The molecule has 0 aromatic heterocycles. The van der Waals surface area contributed by atoms with Gasteiger partial charge in [-0.05, 0) is 31.7 Å². The van der Waals surface area contributed by atoms with Gasteiger partial charge in [0.25, 0.3) is 11.8 Å². The van der Waals surface area contributed by atoms with Gasteiger partial charge < -0.3 is 14.6 Å². The number of carbonyl (C=O) groups excluding carboxylic acids is 5. The van der Waals surface area contributed by atoms with Gasteiger partial charge in [0.2, 0.25) is 11.8 Å². The van der Waals surface area contributed by atoms with E-state index in [1.165, 1.54) is 7.05 Å². The third-order valence-electron chi connectivity index (χ3n) is 8.01. The van der Waals surface area contributed by atoms with Gasteiger partial charge in [0.1, 0.15) is 0 Å². The maximum absolute atomic E-state index is 13.5. The normalized spacial score (nSPS) is 34.7. The Balaban J connectivity index is 1.73. The zero-order valence-corrected chi connectivity index (χ0v) is 21.7. The Kier molecular flexibility index (Phi) is 5.84. The number of benzene rings is 1. The number of methoxy groups -OCH3 is 1. The van der Waals surface area contributed by atoms with Crippen LogP contribution < -0.4 is 4.74 Å². The fourth-order valence-corrected chi connectivity index (χ4v) is 7.42. The summed E-state index contributed by atoms with van der Waals surface area (Å²) in [7, 11) is 2.34. The van der Waals surface area contributed by atoms with Crippen molar-refractivity contribution in [1.82, 2.24) is 9.80 Å². The van der Waals surface area contributed by atoms with E-state index in [4.69, 9.17) is 27.9 Å². The molecule has 1 N–H and O–H groups in total. The lowest BCUT2D eigenvalue weighted by atomic mass is 9.56. The Morgan fingerprint density at radius 3 is 2.49 bits per heavy atom. The zero-order chi connectivity index (χ0) is 27.0. The van der Waals surface area contributed by atoms with Crippen LogP contribution in [-0.4, -0.2) is 75.1 Å². The largest absolute Gasteiger partial charge is 0.504 e. The summed E-state index contributed by atoms with van der Waals surface area (Å²) in [5, 5.41) is 11.2. The van der Waals surface area contributed by atoms with Gasteiger partial charge in [-0.25, -0.2) is 4.79 Å². The lowest BCUT2D eigenvalue weighted by Crippen LogP contribution is -2.60. The van der Waals surface area contributed by atoms with Crippen LogP contribution in [0.5, 0.6) is 11.5 Å². The summed E-state index contributed by atoms with van der Waals surface area (Å²) in [6, 6.07) is 4.71. The Bertz CT molecular complexity index is 1300. The number of fused-ring (bicyclic) bond motifs is 4. The molecule has 3 fully saturated rings. The maximum atomic E-state index is 13.5. The van der Waals surface area contributed by atoms with Crippen molar-refractivity contribution in [2.75, 3.05) is 20.8 Å². The number of hydrogen-bond donors (Lipinski definition) is 1. The highest BCUT2D eigenvalue weighted by molar-refractivity contribution is 6.53. The van der Waals surface area contributed by atoms with Crippen molar-refractivity contribution in [3.8, 4) is 11.5 Å². The molecule has 0 bridgehead atoms. The Morgan fingerprint density at radius 2 is 1.84 bits per heavy atom. The second-order valence-corrected chi connectivity index (χ2v) is 10.8. The number of phenolic OH excluding ortho intramolecular Hbond substituents is 1. The Hall–Kier alpha value is -3.11. The van der Waals surface area contributed by atoms with Crippen molar-refractivity contribution in [1.29, 1.82) is 0 Å². The summed E-state index contributed by atoms with van der Waals surface area (Å²) in [6.45, 7) is 1.99. The van der Waals surface area contributed by atoms with Gasteiger partial charge in [-0.2, -0.15) is 4.90 Å². The average Bonchev–Trinajstić information content (AvgIpc) is 3.20. The van der Waals surface area contributed by atoms with Crippen molar-refractivity contribution in [2.24, 2.45) is 17.8 Å². The molecule has 5 rings (SSSR count). The van der Waals surface area contributed by atoms with Crippen LogP contribution in [-0.2, 0) is 23.9 Å². The maximum Gasteiger partial charge on any atom is 0.423 e. The van der Waals surface area contributed by atoms with Gasteiger partial charge >= 0.3 is 6.09 Å². The number of aromatic hydroxyl groups is 1. The van der Waals surface area contributed by atoms with E-state index in [0.717, 1.165) is 12.0 Å². The van der Waals surface area contributed by atoms with Gasteiger partial charge in [-0.3, -0.25) is 24.1 Å². The molecule has 10 nitrogen and oxygen atoms in total. The van der Waals surface area contributed by atoms with E-state index in [-0.39, 0.29) is 36.5 Å². The SMILES string of the molecule is CCOc1cccc([C@H]2C3=CC[C@@H]4C(=O)N(C(=O)OC)C(=O)[C@@H]4[C@@H]3C[C@@]3(Cl)C(=O)N(C)C(=O)[C@@]23Cl)c1O. The van der Waals surface area contributed by atoms with Crippen LogP contribution in [0.4, 0.5) is 4.79 Å². The Morgan fingerprint density at radius 1 is 1.14 bits per heavy atom. The van der Waals surface area contributed by atoms with E-state index in [9.17, 15) is 29.1 Å². The molecule has 1 aromatic carbocycles. The topological polar surface area (TPSA) is 131 Å². The number of likely N-dealkylation sites (tertiary alicyclic amines) is 2. The molecule has 0 unspecified atom stereocenters. The molecule has 0 radical (unpaired) electrons. The highest BCUT2D eigenvalue weighted by Gasteiger charge is 2.76. The number of amides is 5. The number of carbonyl (C=O) groups is 5. The molecule has 2 aliphatic heterocycles. The lowest BCUT2D eigenvalue weighted by molar-refractivity contribution is -0.139. The second-order valence-electron chi connectivity index (χ2n) is 9.61.